The molecule has 4 heteroatoms. The second kappa shape index (κ2) is 6.05. The van der Waals surface area contributed by atoms with Crippen LogP contribution < -0.4 is 5.32 Å². The van der Waals surface area contributed by atoms with Crippen LogP contribution in [0.25, 0.3) is 0 Å². The molecule has 1 N–H and O–H groups in total. The maximum atomic E-state index is 12.0. The fourth-order valence-electron chi connectivity index (χ4n) is 2.26. The summed E-state index contributed by atoms with van der Waals surface area (Å²) in [5.41, 5.74) is 1.20. The average Bonchev–Trinajstić information content (AvgIpc) is 2.83. The molecule has 1 aromatic heterocycles. The molecule has 2 amide bonds. The standard InChI is InChI=1S/C13H20N2OS/c1-15(9-11-7-8-17-10-11)13(16)14-12-5-3-2-4-6-12/h7-8,10,12H,2-6,9H2,1H3,(H,14,16). The van der Waals surface area contributed by atoms with Gasteiger partial charge in [-0.15, -0.1) is 0 Å². The van der Waals surface area contributed by atoms with Crippen molar-refractivity contribution in [1.29, 1.82) is 0 Å². The number of carbonyl (C=O) groups excluding carboxylic acids is 1. The van der Waals surface area contributed by atoms with E-state index in [1.165, 1.54) is 24.8 Å². The van der Waals surface area contributed by atoms with Crippen LogP contribution in [0.1, 0.15) is 37.7 Å². The van der Waals surface area contributed by atoms with E-state index in [0.717, 1.165) is 12.8 Å². The van der Waals surface area contributed by atoms with Crippen molar-refractivity contribution in [1.82, 2.24) is 10.2 Å². The molecule has 1 aliphatic carbocycles. The Morgan fingerprint density at radius 1 is 1.47 bits per heavy atom. The van der Waals surface area contributed by atoms with Crippen molar-refractivity contribution in [2.75, 3.05) is 7.05 Å². The molecule has 0 unspecified atom stereocenters. The first-order valence-corrected chi connectivity index (χ1v) is 7.22. The van der Waals surface area contributed by atoms with E-state index >= 15 is 0 Å². The Morgan fingerprint density at radius 2 is 2.24 bits per heavy atom. The molecule has 3 nitrogen and oxygen atoms in total. The molecule has 0 bridgehead atoms. The molecule has 0 spiro atoms. The van der Waals surface area contributed by atoms with Crippen LogP contribution in [0.5, 0.6) is 0 Å². The van der Waals surface area contributed by atoms with E-state index in [-0.39, 0.29) is 6.03 Å². The number of thiophene rings is 1. The topological polar surface area (TPSA) is 32.3 Å². The number of nitrogens with one attached hydrogen (secondary N) is 1. The summed E-state index contributed by atoms with van der Waals surface area (Å²) in [6, 6.07) is 2.51. The summed E-state index contributed by atoms with van der Waals surface area (Å²) < 4.78 is 0. The lowest BCUT2D eigenvalue weighted by molar-refractivity contribution is 0.198. The van der Waals surface area contributed by atoms with Crippen LogP contribution >= 0.6 is 11.3 Å². The van der Waals surface area contributed by atoms with Gasteiger partial charge in [-0.1, -0.05) is 19.3 Å². The molecule has 1 aliphatic rings. The quantitative estimate of drug-likeness (QED) is 0.880. The Bertz CT molecular complexity index is 344. The molecule has 1 saturated carbocycles. The van der Waals surface area contributed by atoms with Gasteiger partial charge in [0.15, 0.2) is 0 Å². The molecule has 0 radical (unpaired) electrons. The van der Waals surface area contributed by atoms with Crippen molar-refractivity contribution in [2.45, 2.75) is 44.7 Å². The van der Waals surface area contributed by atoms with Gasteiger partial charge in [0.1, 0.15) is 0 Å². The van der Waals surface area contributed by atoms with Gasteiger partial charge >= 0.3 is 6.03 Å². The molecular weight excluding hydrogens is 232 g/mol. The van der Waals surface area contributed by atoms with Gasteiger partial charge in [-0.05, 0) is 35.2 Å². The third-order valence-electron chi connectivity index (χ3n) is 3.28. The number of carbonyl (C=O) groups is 1. The van der Waals surface area contributed by atoms with Crippen molar-refractivity contribution in [3.05, 3.63) is 22.4 Å². The van der Waals surface area contributed by atoms with Crippen LogP contribution in [0.4, 0.5) is 4.79 Å². The first-order valence-electron chi connectivity index (χ1n) is 6.28. The third kappa shape index (κ3) is 3.73. The zero-order chi connectivity index (χ0) is 12.1. The molecule has 1 heterocycles. The number of nitrogens with zero attached hydrogens (tertiary/aromatic N) is 1. The minimum atomic E-state index is 0.0584. The van der Waals surface area contributed by atoms with Gasteiger partial charge < -0.3 is 10.2 Å². The molecule has 0 saturated heterocycles. The summed E-state index contributed by atoms with van der Waals surface area (Å²) in [5.74, 6) is 0. The van der Waals surface area contributed by atoms with Crippen LogP contribution in [-0.4, -0.2) is 24.0 Å². The molecule has 17 heavy (non-hydrogen) atoms. The highest BCUT2D eigenvalue weighted by molar-refractivity contribution is 7.07. The van der Waals surface area contributed by atoms with Crippen molar-refractivity contribution in [2.24, 2.45) is 0 Å². The highest BCUT2D eigenvalue weighted by Gasteiger charge is 2.17. The lowest BCUT2D eigenvalue weighted by Crippen LogP contribution is -2.43. The zero-order valence-corrected chi connectivity index (χ0v) is 11.1. The SMILES string of the molecule is CN(Cc1ccsc1)C(=O)NC1CCCCC1. The second-order valence-corrected chi connectivity index (χ2v) is 5.55. The summed E-state index contributed by atoms with van der Waals surface area (Å²) in [6.07, 6.45) is 6.09. The summed E-state index contributed by atoms with van der Waals surface area (Å²) in [4.78, 5) is 13.7. The van der Waals surface area contributed by atoms with Gasteiger partial charge in [0.25, 0.3) is 0 Å². The predicted octanol–water partition coefficient (Wildman–Crippen LogP) is 3.22. The summed E-state index contributed by atoms with van der Waals surface area (Å²) >= 11 is 1.67. The normalized spacial score (nSPS) is 16.8. The van der Waals surface area contributed by atoms with Crippen LogP contribution in [0.15, 0.2) is 16.8 Å². The van der Waals surface area contributed by atoms with Crippen molar-refractivity contribution in [3.8, 4) is 0 Å². The molecule has 2 rings (SSSR count). The number of hydrogen-bond donors (Lipinski definition) is 1. The molecular formula is C13H20N2OS. The summed E-state index contributed by atoms with van der Waals surface area (Å²) in [5, 5.41) is 7.25. The Kier molecular flexibility index (Phi) is 4.42. The van der Waals surface area contributed by atoms with Crippen LogP contribution in [0.3, 0.4) is 0 Å². The Morgan fingerprint density at radius 3 is 2.88 bits per heavy atom. The van der Waals surface area contributed by atoms with Crippen molar-refractivity contribution < 1.29 is 4.79 Å². The van der Waals surface area contributed by atoms with E-state index in [1.807, 2.05) is 12.4 Å². The van der Waals surface area contributed by atoms with E-state index in [0.29, 0.717) is 12.6 Å². The lowest BCUT2D eigenvalue weighted by atomic mass is 9.96. The van der Waals surface area contributed by atoms with Crippen LogP contribution in [-0.2, 0) is 6.54 Å². The molecule has 1 aromatic rings. The fraction of sp³-hybridized carbons (Fsp3) is 0.615. The predicted molar refractivity (Wildman–Crippen MR) is 71.2 cm³/mol. The van der Waals surface area contributed by atoms with Crippen LogP contribution in [0.2, 0.25) is 0 Å². The molecule has 94 valence electrons. The number of urea groups is 1. The third-order valence-corrected chi connectivity index (χ3v) is 4.01. The first kappa shape index (κ1) is 12.4. The highest BCUT2D eigenvalue weighted by atomic mass is 32.1. The monoisotopic (exact) mass is 252 g/mol. The van der Waals surface area contributed by atoms with E-state index in [1.54, 1.807) is 16.2 Å². The van der Waals surface area contributed by atoms with Crippen LogP contribution in [0, 0.1) is 0 Å². The van der Waals surface area contributed by atoms with Gasteiger partial charge in [-0.3, -0.25) is 0 Å². The first-order chi connectivity index (χ1) is 8.25. The van der Waals surface area contributed by atoms with E-state index in [4.69, 9.17) is 0 Å². The van der Waals surface area contributed by atoms with Gasteiger partial charge in [-0.25, -0.2) is 4.79 Å². The minimum Gasteiger partial charge on any atom is -0.335 e. The van der Waals surface area contributed by atoms with Crippen molar-refractivity contribution >= 4 is 17.4 Å². The van der Waals surface area contributed by atoms with Crippen molar-refractivity contribution in [3.63, 3.8) is 0 Å². The Balaban J connectivity index is 1.78. The molecule has 1 fully saturated rings. The van der Waals surface area contributed by atoms with Gasteiger partial charge in [-0.2, -0.15) is 11.3 Å². The molecule has 0 aromatic carbocycles. The lowest BCUT2D eigenvalue weighted by Gasteiger charge is -2.26. The Labute approximate surface area is 107 Å². The number of amides is 2. The highest BCUT2D eigenvalue weighted by Crippen LogP contribution is 2.17. The maximum Gasteiger partial charge on any atom is 0.317 e. The average molecular weight is 252 g/mol. The number of hydrogen-bond acceptors (Lipinski definition) is 2. The molecule has 0 atom stereocenters. The maximum absolute atomic E-state index is 12.0. The second-order valence-electron chi connectivity index (χ2n) is 4.77. The fourth-order valence-corrected chi connectivity index (χ4v) is 2.92. The largest absolute Gasteiger partial charge is 0.335 e. The summed E-state index contributed by atoms with van der Waals surface area (Å²) in [7, 11) is 1.86. The van der Waals surface area contributed by atoms with E-state index in [2.05, 4.69) is 16.8 Å². The van der Waals surface area contributed by atoms with Gasteiger partial charge in [0.2, 0.25) is 0 Å². The smallest absolute Gasteiger partial charge is 0.317 e. The van der Waals surface area contributed by atoms with E-state index in [9.17, 15) is 4.79 Å². The number of rotatable bonds is 3. The zero-order valence-electron chi connectivity index (χ0n) is 10.3. The summed E-state index contributed by atoms with van der Waals surface area (Å²) in [6.45, 7) is 0.696. The Hall–Kier alpha value is -1.03. The van der Waals surface area contributed by atoms with Gasteiger partial charge in [0.05, 0.1) is 0 Å². The minimum absolute atomic E-state index is 0.0584. The van der Waals surface area contributed by atoms with Gasteiger partial charge in [0, 0.05) is 19.6 Å². The van der Waals surface area contributed by atoms with E-state index < -0.39 is 0 Å². The molecule has 0 aliphatic heterocycles.